The maximum absolute atomic E-state index is 12.1. The van der Waals surface area contributed by atoms with Gasteiger partial charge in [0, 0.05) is 24.5 Å². The Bertz CT molecular complexity index is 672. The van der Waals surface area contributed by atoms with E-state index >= 15 is 0 Å². The van der Waals surface area contributed by atoms with E-state index in [1.807, 2.05) is 39.0 Å². The van der Waals surface area contributed by atoms with Gasteiger partial charge in [0.2, 0.25) is 0 Å². The smallest absolute Gasteiger partial charge is 0.255 e. The molecule has 0 unspecified atom stereocenters. The molecular weight excluding hydrogens is 240 g/mol. The third kappa shape index (κ3) is 2.36. The van der Waals surface area contributed by atoms with Crippen molar-refractivity contribution in [1.29, 1.82) is 0 Å². The number of nitrogens with zero attached hydrogens (tertiary/aromatic N) is 1. The summed E-state index contributed by atoms with van der Waals surface area (Å²) in [7, 11) is 1.77. The van der Waals surface area contributed by atoms with Crippen molar-refractivity contribution in [3.05, 3.63) is 39.7 Å². The molecule has 0 bridgehead atoms. The van der Waals surface area contributed by atoms with Crippen molar-refractivity contribution < 1.29 is 4.74 Å². The van der Waals surface area contributed by atoms with E-state index in [-0.39, 0.29) is 18.2 Å². The molecule has 0 atom stereocenters. The lowest BCUT2D eigenvalue weighted by atomic mass is 10.0. The Balaban J connectivity index is 2.74. The lowest BCUT2D eigenvalue weighted by Crippen LogP contribution is -2.25. The zero-order valence-electron chi connectivity index (χ0n) is 11.9. The standard InChI is InChI=1S/C15H20N2O2/c1-9(2)19-11-5-6-14-12(7-11)10(3)13(8-16)15(18)17(14)4/h5-7,9H,8,16H2,1-4H3. The molecule has 1 heterocycles. The molecule has 0 saturated heterocycles. The largest absolute Gasteiger partial charge is 0.491 e. The fraction of sp³-hybridized carbons (Fsp3) is 0.400. The van der Waals surface area contributed by atoms with E-state index in [9.17, 15) is 4.79 Å². The van der Waals surface area contributed by atoms with Crippen LogP contribution in [0.25, 0.3) is 10.9 Å². The maximum atomic E-state index is 12.1. The molecule has 1 aromatic carbocycles. The Hall–Kier alpha value is -1.81. The van der Waals surface area contributed by atoms with Gasteiger partial charge in [-0.15, -0.1) is 0 Å². The van der Waals surface area contributed by atoms with Crippen LogP contribution < -0.4 is 16.0 Å². The summed E-state index contributed by atoms with van der Waals surface area (Å²) in [5, 5.41) is 1.01. The van der Waals surface area contributed by atoms with Crippen molar-refractivity contribution in [3.8, 4) is 5.75 Å². The van der Waals surface area contributed by atoms with E-state index in [2.05, 4.69) is 0 Å². The molecule has 0 amide bonds. The monoisotopic (exact) mass is 260 g/mol. The van der Waals surface area contributed by atoms with Crippen LogP contribution >= 0.6 is 0 Å². The van der Waals surface area contributed by atoms with Crippen molar-refractivity contribution in [3.63, 3.8) is 0 Å². The SMILES string of the molecule is Cc1c(CN)c(=O)n(C)c2ccc(OC(C)C)cc12. The molecule has 4 heteroatoms. The Kier molecular flexibility index (Phi) is 3.62. The van der Waals surface area contributed by atoms with Crippen LogP contribution in [0.15, 0.2) is 23.0 Å². The van der Waals surface area contributed by atoms with Gasteiger partial charge in [-0.2, -0.15) is 0 Å². The quantitative estimate of drug-likeness (QED) is 0.919. The molecular formula is C15H20N2O2. The predicted octanol–water partition coefficient (Wildman–Crippen LogP) is 2.09. The number of benzene rings is 1. The van der Waals surface area contributed by atoms with Gasteiger partial charge in [-0.05, 0) is 44.5 Å². The van der Waals surface area contributed by atoms with E-state index < -0.39 is 0 Å². The van der Waals surface area contributed by atoms with Crippen molar-refractivity contribution in [2.45, 2.75) is 33.4 Å². The minimum absolute atomic E-state index is 0.0231. The molecule has 0 aliphatic rings. The third-order valence-electron chi connectivity index (χ3n) is 3.32. The molecule has 0 aliphatic carbocycles. The fourth-order valence-electron chi connectivity index (χ4n) is 2.33. The average molecular weight is 260 g/mol. The number of pyridine rings is 1. The summed E-state index contributed by atoms with van der Waals surface area (Å²) in [5.74, 6) is 0.812. The fourth-order valence-corrected chi connectivity index (χ4v) is 2.33. The Labute approximate surface area is 112 Å². The van der Waals surface area contributed by atoms with Crippen molar-refractivity contribution in [1.82, 2.24) is 4.57 Å². The van der Waals surface area contributed by atoms with Crippen LogP contribution in [-0.4, -0.2) is 10.7 Å². The number of rotatable bonds is 3. The minimum atomic E-state index is -0.0231. The average Bonchev–Trinajstić information content (AvgIpc) is 2.36. The van der Waals surface area contributed by atoms with E-state index in [1.54, 1.807) is 11.6 Å². The summed E-state index contributed by atoms with van der Waals surface area (Å²) in [5.41, 5.74) is 8.16. The molecule has 4 nitrogen and oxygen atoms in total. The second kappa shape index (κ2) is 5.05. The summed E-state index contributed by atoms with van der Waals surface area (Å²) in [6, 6.07) is 5.79. The lowest BCUT2D eigenvalue weighted by Gasteiger charge is -2.15. The van der Waals surface area contributed by atoms with Crippen molar-refractivity contribution >= 4 is 10.9 Å². The maximum Gasteiger partial charge on any atom is 0.255 e. The third-order valence-corrected chi connectivity index (χ3v) is 3.32. The first-order chi connectivity index (χ1) is 8.95. The van der Waals surface area contributed by atoms with Gasteiger partial charge in [0.05, 0.1) is 11.6 Å². The van der Waals surface area contributed by atoms with Gasteiger partial charge in [-0.25, -0.2) is 0 Å². The molecule has 2 N–H and O–H groups in total. The highest BCUT2D eigenvalue weighted by molar-refractivity contribution is 5.84. The molecule has 2 rings (SSSR count). The van der Waals surface area contributed by atoms with E-state index in [0.29, 0.717) is 5.56 Å². The van der Waals surface area contributed by atoms with Crippen LogP contribution in [0.3, 0.4) is 0 Å². The highest BCUT2D eigenvalue weighted by atomic mass is 16.5. The predicted molar refractivity (Wildman–Crippen MR) is 77.6 cm³/mol. The summed E-state index contributed by atoms with van der Waals surface area (Å²) in [6.07, 6.45) is 0.124. The molecule has 0 radical (unpaired) electrons. The molecule has 0 fully saturated rings. The van der Waals surface area contributed by atoms with Crippen molar-refractivity contribution in [2.75, 3.05) is 0 Å². The van der Waals surface area contributed by atoms with Gasteiger partial charge >= 0.3 is 0 Å². The molecule has 19 heavy (non-hydrogen) atoms. The van der Waals surface area contributed by atoms with Gasteiger partial charge in [0.15, 0.2) is 0 Å². The Morgan fingerprint density at radius 1 is 1.37 bits per heavy atom. The molecule has 0 aliphatic heterocycles. The summed E-state index contributed by atoms with van der Waals surface area (Å²) in [4.78, 5) is 12.1. The van der Waals surface area contributed by atoms with Gasteiger partial charge < -0.3 is 15.0 Å². The number of hydrogen-bond acceptors (Lipinski definition) is 3. The first-order valence-electron chi connectivity index (χ1n) is 6.44. The Morgan fingerprint density at radius 2 is 2.05 bits per heavy atom. The highest BCUT2D eigenvalue weighted by Gasteiger charge is 2.11. The number of fused-ring (bicyclic) bond motifs is 1. The number of aryl methyl sites for hydroxylation is 2. The number of hydrogen-bond donors (Lipinski definition) is 1. The summed E-state index contributed by atoms with van der Waals surface area (Å²) < 4.78 is 7.34. The number of nitrogens with two attached hydrogens (primary N) is 1. The zero-order valence-corrected chi connectivity index (χ0v) is 11.9. The molecule has 2 aromatic rings. The summed E-state index contributed by atoms with van der Waals surface area (Å²) in [6.45, 7) is 6.17. The van der Waals surface area contributed by atoms with Crippen LogP contribution in [0, 0.1) is 6.92 Å². The first-order valence-corrected chi connectivity index (χ1v) is 6.44. The van der Waals surface area contributed by atoms with Gasteiger partial charge in [0.25, 0.3) is 5.56 Å². The lowest BCUT2D eigenvalue weighted by molar-refractivity contribution is 0.242. The first kappa shape index (κ1) is 13.6. The van der Waals surface area contributed by atoms with Gasteiger partial charge in [-0.1, -0.05) is 0 Å². The van der Waals surface area contributed by atoms with Crippen LogP contribution in [0.1, 0.15) is 25.0 Å². The van der Waals surface area contributed by atoms with Gasteiger partial charge in [0.1, 0.15) is 5.75 Å². The van der Waals surface area contributed by atoms with E-state index in [1.165, 1.54) is 0 Å². The molecule has 0 saturated carbocycles. The van der Waals surface area contributed by atoms with Crippen LogP contribution in [0.4, 0.5) is 0 Å². The second-order valence-corrected chi connectivity index (χ2v) is 5.02. The zero-order chi connectivity index (χ0) is 14.2. The highest BCUT2D eigenvalue weighted by Crippen LogP contribution is 2.24. The number of ether oxygens (including phenoxy) is 1. The number of aromatic nitrogens is 1. The van der Waals surface area contributed by atoms with Crippen LogP contribution in [0.5, 0.6) is 5.75 Å². The van der Waals surface area contributed by atoms with E-state index in [0.717, 1.165) is 22.2 Å². The van der Waals surface area contributed by atoms with E-state index in [4.69, 9.17) is 10.5 Å². The van der Waals surface area contributed by atoms with Gasteiger partial charge in [-0.3, -0.25) is 4.79 Å². The second-order valence-electron chi connectivity index (χ2n) is 5.02. The van der Waals surface area contributed by atoms with Crippen molar-refractivity contribution in [2.24, 2.45) is 12.8 Å². The minimum Gasteiger partial charge on any atom is -0.491 e. The summed E-state index contributed by atoms with van der Waals surface area (Å²) >= 11 is 0. The molecule has 0 spiro atoms. The van der Waals surface area contributed by atoms with Crippen LogP contribution in [0.2, 0.25) is 0 Å². The van der Waals surface area contributed by atoms with Crippen LogP contribution in [-0.2, 0) is 13.6 Å². The molecule has 1 aromatic heterocycles. The molecule has 102 valence electrons. The normalized spacial score (nSPS) is 11.3. The Morgan fingerprint density at radius 3 is 2.63 bits per heavy atom. The topological polar surface area (TPSA) is 57.2 Å².